The number of esters is 1. The van der Waals surface area contributed by atoms with Crippen LogP contribution in [0.2, 0.25) is 43.8 Å². The Bertz CT molecular complexity index is 1040. The number of piperidine rings is 1. The normalized spacial score (nSPS) is 21.7. The molecule has 12 heteroatoms. The molecule has 4 atom stereocenters. The van der Waals surface area contributed by atoms with Gasteiger partial charge in [-0.25, -0.2) is 4.79 Å². The molecular weight excluding hydrogens is 585 g/mol. The van der Waals surface area contributed by atoms with Gasteiger partial charge in [0.25, 0.3) is 0 Å². The molecule has 2 heterocycles. The molecule has 2 aliphatic rings. The summed E-state index contributed by atoms with van der Waals surface area (Å²) in [4.78, 5) is 28.3. The Labute approximate surface area is 260 Å². The molecule has 3 rings (SSSR count). The highest BCUT2D eigenvalue weighted by Gasteiger charge is 2.52. The SMILES string of the molecule is CCOC(=O)C[C@H]1C[C@H]2[C@H](O[Si](CC)(CC)CC)[C@@H](N1)c1cc(OCOCCOC)ccc1N2C(=O)OCC[Si](C)(C)C. The molecule has 0 spiro atoms. The Morgan fingerprint density at radius 2 is 1.72 bits per heavy atom. The molecule has 0 aromatic heterocycles. The van der Waals surface area contributed by atoms with Gasteiger partial charge in [0.2, 0.25) is 0 Å². The van der Waals surface area contributed by atoms with Crippen LogP contribution in [-0.2, 0) is 28.2 Å². The zero-order valence-corrected chi connectivity index (χ0v) is 29.5. The van der Waals surface area contributed by atoms with Gasteiger partial charge in [0.15, 0.2) is 15.1 Å². The van der Waals surface area contributed by atoms with Crippen LogP contribution in [0.15, 0.2) is 18.2 Å². The molecule has 43 heavy (non-hydrogen) atoms. The number of rotatable bonds is 17. The van der Waals surface area contributed by atoms with Gasteiger partial charge in [-0.05, 0) is 61.3 Å². The highest BCUT2D eigenvalue weighted by molar-refractivity contribution is 6.76. The van der Waals surface area contributed by atoms with Crippen LogP contribution in [0.4, 0.5) is 10.5 Å². The van der Waals surface area contributed by atoms with Crippen molar-refractivity contribution in [3.63, 3.8) is 0 Å². The van der Waals surface area contributed by atoms with E-state index >= 15 is 0 Å². The summed E-state index contributed by atoms with van der Waals surface area (Å²) in [6, 6.07) is 8.85. The first-order valence-electron chi connectivity index (χ1n) is 15.9. The number of carbonyl (C=O) groups excluding carboxylic acids is 2. The zero-order chi connectivity index (χ0) is 31.6. The quantitative estimate of drug-likeness (QED) is 0.0939. The van der Waals surface area contributed by atoms with Gasteiger partial charge < -0.3 is 33.4 Å². The first-order valence-corrected chi connectivity index (χ1v) is 22.1. The Morgan fingerprint density at radius 1 is 1.00 bits per heavy atom. The summed E-state index contributed by atoms with van der Waals surface area (Å²) >= 11 is 0. The first-order chi connectivity index (χ1) is 20.5. The van der Waals surface area contributed by atoms with E-state index in [-0.39, 0.29) is 49.5 Å². The standard InChI is InChI=1S/C31H54N2O8Si2/c1-9-38-28(34)20-23-19-27-30(41-43(10-2,11-3)12-4)29(32-23)25-21-24(40-22-37-16-15-36-5)13-14-26(25)33(27)31(35)39-17-18-42(6,7)8/h13-14,21,23,27,29-30,32H,9-12,15-20,22H2,1-8H3/t23-,27+,29+,30+/m1/s1. The minimum Gasteiger partial charge on any atom is -0.468 e. The van der Waals surface area contributed by atoms with E-state index in [1.165, 1.54) is 0 Å². The fourth-order valence-electron chi connectivity index (χ4n) is 5.91. The molecule has 1 N–H and O–H groups in total. The van der Waals surface area contributed by atoms with Crippen LogP contribution in [0, 0.1) is 0 Å². The van der Waals surface area contributed by atoms with Crippen LogP contribution in [0.1, 0.15) is 52.1 Å². The van der Waals surface area contributed by atoms with E-state index in [0.29, 0.717) is 38.6 Å². The number of fused-ring (bicyclic) bond motifs is 4. The van der Waals surface area contributed by atoms with Crippen molar-refractivity contribution >= 4 is 34.1 Å². The van der Waals surface area contributed by atoms with Crippen molar-refractivity contribution in [2.75, 3.05) is 45.2 Å². The fraction of sp³-hybridized carbons (Fsp3) is 0.742. The van der Waals surface area contributed by atoms with Gasteiger partial charge in [-0.2, -0.15) is 0 Å². The van der Waals surface area contributed by atoms with Crippen LogP contribution in [-0.4, -0.2) is 87.0 Å². The molecule has 1 saturated heterocycles. The fourth-order valence-corrected chi connectivity index (χ4v) is 9.50. The van der Waals surface area contributed by atoms with Crippen molar-refractivity contribution in [2.24, 2.45) is 0 Å². The number of carbonyl (C=O) groups is 2. The lowest BCUT2D eigenvalue weighted by atomic mass is 9.80. The molecule has 0 unspecified atom stereocenters. The first kappa shape index (κ1) is 35.5. The van der Waals surface area contributed by atoms with E-state index in [4.69, 9.17) is 28.1 Å². The third-order valence-corrected chi connectivity index (χ3v) is 15.0. The Balaban J connectivity index is 2.03. The maximum Gasteiger partial charge on any atom is 0.414 e. The summed E-state index contributed by atoms with van der Waals surface area (Å²) in [6.07, 6.45) is 0.0929. The molecule has 244 valence electrons. The third-order valence-electron chi connectivity index (χ3n) is 8.63. The van der Waals surface area contributed by atoms with Crippen molar-refractivity contribution in [1.82, 2.24) is 5.32 Å². The molecule has 10 nitrogen and oxygen atoms in total. The molecule has 1 fully saturated rings. The van der Waals surface area contributed by atoms with Gasteiger partial charge in [-0.3, -0.25) is 9.69 Å². The minimum absolute atomic E-state index is 0.0776. The number of ether oxygens (including phenoxy) is 5. The van der Waals surface area contributed by atoms with Crippen molar-refractivity contribution in [3.05, 3.63) is 23.8 Å². The van der Waals surface area contributed by atoms with Gasteiger partial charge in [0.05, 0.1) is 56.7 Å². The van der Waals surface area contributed by atoms with Crippen molar-refractivity contribution in [2.45, 2.75) is 109 Å². The molecule has 0 aliphatic carbocycles. The van der Waals surface area contributed by atoms with Gasteiger partial charge in [0, 0.05) is 21.2 Å². The monoisotopic (exact) mass is 638 g/mol. The van der Waals surface area contributed by atoms with Crippen molar-refractivity contribution in [3.8, 4) is 5.75 Å². The highest BCUT2D eigenvalue weighted by Crippen LogP contribution is 2.47. The molecular formula is C31H54N2O8Si2. The van der Waals surface area contributed by atoms with Crippen LogP contribution >= 0.6 is 0 Å². The average molecular weight is 639 g/mol. The van der Waals surface area contributed by atoms with Crippen LogP contribution in [0.25, 0.3) is 0 Å². The van der Waals surface area contributed by atoms with Gasteiger partial charge in [-0.1, -0.05) is 40.4 Å². The predicted octanol–water partition coefficient (Wildman–Crippen LogP) is 6.10. The smallest absolute Gasteiger partial charge is 0.414 e. The average Bonchev–Trinajstić information content (AvgIpc) is 2.96. The highest BCUT2D eigenvalue weighted by atomic mass is 28.4. The summed E-state index contributed by atoms with van der Waals surface area (Å²) in [6.45, 7) is 16.9. The van der Waals surface area contributed by atoms with E-state index < -0.39 is 16.4 Å². The Kier molecular flexibility index (Phi) is 13.5. The van der Waals surface area contributed by atoms with Gasteiger partial charge >= 0.3 is 12.1 Å². The van der Waals surface area contributed by atoms with E-state index in [0.717, 1.165) is 35.4 Å². The Hall–Kier alpha value is -1.97. The summed E-state index contributed by atoms with van der Waals surface area (Å²) in [7, 11) is -1.87. The molecule has 2 bridgehead atoms. The lowest BCUT2D eigenvalue weighted by Crippen LogP contribution is -2.65. The lowest BCUT2D eigenvalue weighted by Gasteiger charge is -2.53. The van der Waals surface area contributed by atoms with E-state index in [1.54, 1.807) is 12.0 Å². The molecule has 1 aromatic rings. The van der Waals surface area contributed by atoms with E-state index in [1.807, 2.05) is 25.1 Å². The predicted molar refractivity (Wildman–Crippen MR) is 173 cm³/mol. The maximum absolute atomic E-state index is 14.0. The number of hydrogen-bond donors (Lipinski definition) is 1. The number of nitrogens with zero attached hydrogens (tertiary/aromatic N) is 1. The van der Waals surface area contributed by atoms with E-state index in [9.17, 15) is 9.59 Å². The second kappa shape index (κ2) is 16.4. The Morgan fingerprint density at radius 3 is 2.35 bits per heavy atom. The van der Waals surface area contributed by atoms with Crippen LogP contribution in [0.3, 0.4) is 0 Å². The maximum atomic E-state index is 14.0. The summed E-state index contributed by atoms with van der Waals surface area (Å²) < 4.78 is 35.0. The molecule has 0 saturated carbocycles. The summed E-state index contributed by atoms with van der Waals surface area (Å²) in [5, 5.41) is 3.73. The number of anilines is 1. The summed E-state index contributed by atoms with van der Waals surface area (Å²) in [5.74, 6) is 0.367. The summed E-state index contributed by atoms with van der Waals surface area (Å²) in [5.41, 5.74) is 1.66. The number of benzene rings is 1. The molecule has 0 radical (unpaired) electrons. The minimum atomic E-state index is -2.09. The van der Waals surface area contributed by atoms with Gasteiger partial charge in [-0.15, -0.1) is 0 Å². The topological polar surface area (TPSA) is 105 Å². The van der Waals surface area contributed by atoms with Gasteiger partial charge in [0.1, 0.15) is 5.75 Å². The number of hydrogen-bond acceptors (Lipinski definition) is 9. The molecule has 1 aromatic carbocycles. The third kappa shape index (κ3) is 9.51. The van der Waals surface area contributed by atoms with Crippen molar-refractivity contribution < 1.29 is 37.7 Å². The second-order valence-corrected chi connectivity index (χ2v) is 23.0. The van der Waals surface area contributed by atoms with Crippen LogP contribution in [0.5, 0.6) is 5.75 Å². The molecule has 2 aliphatic heterocycles. The largest absolute Gasteiger partial charge is 0.468 e. The second-order valence-electron chi connectivity index (χ2n) is 12.7. The van der Waals surface area contributed by atoms with Crippen LogP contribution < -0.4 is 15.0 Å². The van der Waals surface area contributed by atoms with E-state index in [2.05, 4.69) is 45.7 Å². The number of amides is 1. The van der Waals surface area contributed by atoms with Crippen molar-refractivity contribution in [1.29, 1.82) is 0 Å². The number of nitrogens with one attached hydrogen (secondary N) is 1. The molecule has 1 amide bonds. The number of methoxy groups -OCH3 is 1. The zero-order valence-electron chi connectivity index (χ0n) is 27.5. The lowest BCUT2D eigenvalue weighted by molar-refractivity contribution is -0.144.